The second kappa shape index (κ2) is 11.4. The number of unbranched alkanes of at least 4 members (excludes halogenated alkanes) is 1. The van der Waals surface area contributed by atoms with E-state index in [9.17, 15) is 0 Å². The summed E-state index contributed by atoms with van der Waals surface area (Å²) in [5.74, 6) is 0.769. The molecule has 1 N–H and O–H groups in total. The summed E-state index contributed by atoms with van der Waals surface area (Å²) in [5.41, 5.74) is 0. The minimum atomic E-state index is 0.640. The van der Waals surface area contributed by atoms with Crippen molar-refractivity contribution in [2.45, 2.75) is 65.8 Å². The molecule has 0 aromatic rings. The third kappa shape index (κ3) is 10.4. The molecule has 0 amide bonds. The first-order valence-electron chi connectivity index (χ1n) is 7.01. The van der Waals surface area contributed by atoms with Gasteiger partial charge in [0.05, 0.1) is 0 Å². The van der Waals surface area contributed by atoms with Crippen LogP contribution in [0.3, 0.4) is 0 Å². The molecule has 0 aliphatic carbocycles. The van der Waals surface area contributed by atoms with Gasteiger partial charge < -0.3 is 10.1 Å². The molecule has 0 radical (unpaired) electrons. The molecule has 0 bridgehead atoms. The van der Waals surface area contributed by atoms with Gasteiger partial charge in [0.15, 0.2) is 0 Å². The first-order chi connectivity index (χ1) is 7.70. The highest BCUT2D eigenvalue weighted by Crippen LogP contribution is 2.08. The molecule has 0 aromatic carbocycles. The Morgan fingerprint density at radius 2 is 1.81 bits per heavy atom. The number of hydrogen-bond acceptors (Lipinski definition) is 2. The van der Waals surface area contributed by atoms with Crippen LogP contribution in [0.4, 0.5) is 0 Å². The van der Waals surface area contributed by atoms with Crippen molar-refractivity contribution in [3.63, 3.8) is 0 Å². The maximum atomic E-state index is 5.63. The molecule has 2 nitrogen and oxygen atoms in total. The van der Waals surface area contributed by atoms with Crippen LogP contribution in [0.2, 0.25) is 0 Å². The Morgan fingerprint density at radius 1 is 1.06 bits per heavy atom. The van der Waals surface area contributed by atoms with Gasteiger partial charge in [-0.1, -0.05) is 34.1 Å². The third-order valence-electron chi connectivity index (χ3n) is 2.69. The smallest absolute Gasteiger partial charge is 0.0480 e. The first-order valence-corrected chi connectivity index (χ1v) is 7.01. The molecule has 0 spiro atoms. The summed E-state index contributed by atoms with van der Waals surface area (Å²) in [4.78, 5) is 0. The summed E-state index contributed by atoms with van der Waals surface area (Å²) in [6.45, 7) is 12.0. The fourth-order valence-electron chi connectivity index (χ4n) is 1.79. The molecule has 0 aliphatic rings. The largest absolute Gasteiger partial charge is 0.381 e. The lowest BCUT2D eigenvalue weighted by Gasteiger charge is -2.20. The van der Waals surface area contributed by atoms with Gasteiger partial charge in [-0.3, -0.25) is 0 Å². The molecule has 1 atom stereocenters. The van der Waals surface area contributed by atoms with E-state index in [1.54, 1.807) is 0 Å². The van der Waals surface area contributed by atoms with Crippen LogP contribution in [0.25, 0.3) is 0 Å². The lowest BCUT2D eigenvalue weighted by Crippen LogP contribution is -2.32. The van der Waals surface area contributed by atoms with Crippen LogP contribution in [-0.4, -0.2) is 25.8 Å². The number of rotatable bonds is 11. The fourth-order valence-corrected chi connectivity index (χ4v) is 1.79. The SMILES string of the molecule is CCCCOCCC(CC(C)C)NCCC. The number of hydrogen-bond donors (Lipinski definition) is 1. The van der Waals surface area contributed by atoms with Gasteiger partial charge in [0, 0.05) is 19.3 Å². The molecule has 2 heteroatoms. The molecule has 0 saturated heterocycles. The topological polar surface area (TPSA) is 21.3 Å². The molecular formula is C14H31NO. The highest BCUT2D eigenvalue weighted by Gasteiger charge is 2.09. The van der Waals surface area contributed by atoms with Crippen LogP contribution in [0.5, 0.6) is 0 Å². The van der Waals surface area contributed by atoms with Gasteiger partial charge in [-0.05, 0) is 38.1 Å². The van der Waals surface area contributed by atoms with E-state index in [1.807, 2.05) is 0 Å². The van der Waals surface area contributed by atoms with E-state index in [0.29, 0.717) is 6.04 Å². The van der Waals surface area contributed by atoms with E-state index in [1.165, 1.54) is 25.7 Å². The normalized spacial score (nSPS) is 13.3. The molecular weight excluding hydrogens is 198 g/mol. The predicted octanol–water partition coefficient (Wildman–Crippen LogP) is 3.61. The Balaban J connectivity index is 3.56. The van der Waals surface area contributed by atoms with E-state index in [-0.39, 0.29) is 0 Å². The minimum Gasteiger partial charge on any atom is -0.381 e. The predicted molar refractivity (Wildman–Crippen MR) is 71.9 cm³/mol. The molecule has 0 rings (SSSR count). The summed E-state index contributed by atoms with van der Waals surface area (Å²) in [6, 6.07) is 0.640. The molecule has 98 valence electrons. The zero-order valence-corrected chi connectivity index (χ0v) is 11.7. The molecule has 0 fully saturated rings. The van der Waals surface area contributed by atoms with E-state index in [0.717, 1.165) is 32.1 Å². The van der Waals surface area contributed by atoms with Crippen molar-refractivity contribution in [3.05, 3.63) is 0 Å². The van der Waals surface area contributed by atoms with Crippen molar-refractivity contribution in [2.24, 2.45) is 5.92 Å². The van der Waals surface area contributed by atoms with E-state index in [2.05, 4.69) is 33.0 Å². The van der Waals surface area contributed by atoms with Crippen molar-refractivity contribution < 1.29 is 4.74 Å². The quantitative estimate of drug-likeness (QED) is 0.547. The monoisotopic (exact) mass is 229 g/mol. The van der Waals surface area contributed by atoms with Crippen LogP contribution < -0.4 is 5.32 Å². The van der Waals surface area contributed by atoms with Gasteiger partial charge in [-0.25, -0.2) is 0 Å². The Kier molecular flexibility index (Phi) is 11.3. The van der Waals surface area contributed by atoms with Gasteiger partial charge in [-0.15, -0.1) is 0 Å². The fraction of sp³-hybridized carbons (Fsp3) is 1.00. The molecule has 0 aromatic heterocycles. The third-order valence-corrected chi connectivity index (χ3v) is 2.69. The maximum absolute atomic E-state index is 5.63. The van der Waals surface area contributed by atoms with E-state index < -0.39 is 0 Å². The zero-order chi connectivity index (χ0) is 12.2. The Bertz CT molecular complexity index is 137. The summed E-state index contributed by atoms with van der Waals surface area (Å²) in [7, 11) is 0. The van der Waals surface area contributed by atoms with Crippen LogP contribution in [0.15, 0.2) is 0 Å². The van der Waals surface area contributed by atoms with Crippen molar-refractivity contribution in [1.29, 1.82) is 0 Å². The lowest BCUT2D eigenvalue weighted by molar-refractivity contribution is 0.119. The molecule has 1 unspecified atom stereocenters. The maximum Gasteiger partial charge on any atom is 0.0480 e. The first kappa shape index (κ1) is 15.9. The van der Waals surface area contributed by atoms with Gasteiger partial charge in [0.2, 0.25) is 0 Å². The average Bonchev–Trinajstić information content (AvgIpc) is 2.24. The van der Waals surface area contributed by atoms with Gasteiger partial charge >= 0.3 is 0 Å². The van der Waals surface area contributed by atoms with Crippen LogP contribution in [0.1, 0.15) is 59.8 Å². The summed E-state index contributed by atoms with van der Waals surface area (Å²) >= 11 is 0. The van der Waals surface area contributed by atoms with Gasteiger partial charge in [0.25, 0.3) is 0 Å². The van der Waals surface area contributed by atoms with Gasteiger partial charge in [0.1, 0.15) is 0 Å². The second-order valence-corrected chi connectivity index (χ2v) is 5.04. The van der Waals surface area contributed by atoms with Crippen molar-refractivity contribution >= 4 is 0 Å². The molecule has 0 saturated carbocycles. The van der Waals surface area contributed by atoms with Gasteiger partial charge in [-0.2, -0.15) is 0 Å². The number of nitrogens with one attached hydrogen (secondary N) is 1. The Labute approximate surface area is 102 Å². The Hall–Kier alpha value is -0.0800. The van der Waals surface area contributed by atoms with Crippen molar-refractivity contribution in [2.75, 3.05) is 19.8 Å². The highest BCUT2D eigenvalue weighted by atomic mass is 16.5. The highest BCUT2D eigenvalue weighted by molar-refractivity contribution is 4.68. The molecule has 0 heterocycles. The number of ether oxygens (including phenoxy) is 1. The zero-order valence-electron chi connectivity index (χ0n) is 11.7. The van der Waals surface area contributed by atoms with Crippen molar-refractivity contribution in [1.82, 2.24) is 5.32 Å². The van der Waals surface area contributed by atoms with E-state index in [4.69, 9.17) is 4.74 Å². The molecule has 0 aliphatic heterocycles. The summed E-state index contributed by atoms with van der Waals surface area (Å²) in [5, 5.41) is 3.61. The standard InChI is InChI=1S/C14H31NO/c1-5-7-10-16-11-8-14(12-13(3)4)15-9-6-2/h13-15H,5-12H2,1-4H3. The van der Waals surface area contributed by atoms with Crippen LogP contribution in [0, 0.1) is 5.92 Å². The summed E-state index contributed by atoms with van der Waals surface area (Å²) in [6.07, 6.45) is 6.05. The van der Waals surface area contributed by atoms with Crippen molar-refractivity contribution in [3.8, 4) is 0 Å². The lowest BCUT2D eigenvalue weighted by atomic mass is 10.0. The van der Waals surface area contributed by atoms with E-state index >= 15 is 0 Å². The van der Waals surface area contributed by atoms with Crippen LogP contribution in [-0.2, 0) is 4.74 Å². The molecule has 16 heavy (non-hydrogen) atoms. The minimum absolute atomic E-state index is 0.640. The van der Waals surface area contributed by atoms with Crippen LogP contribution >= 0.6 is 0 Å². The summed E-state index contributed by atoms with van der Waals surface area (Å²) < 4.78 is 5.63. The Morgan fingerprint density at radius 3 is 2.38 bits per heavy atom. The second-order valence-electron chi connectivity index (χ2n) is 5.04. The average molecular weight is 229 g/mol.